The highest BCUT2D eigenvalue weighted by molar-refractivity contribution is 14.0. The number of rotatable bonds is 7. The molecule has 1 aliphatic heterocycles. The first-order chi connectivity index (χ1) is 13.2. The zero-order valence-corrected chi connectivity index (χ0v) is 19.6. The predicted octanol–water partition coefficient (Wildman–Crippen LogP) is 4.06. The highest BCUT2D eigenvalue weighted by Gasteiger charge is 2.31. The van der Waals surface area contributed by atoms with Crippen molar-refractivity contribution in [1.29, 1.82) is 0 Å². The molecule has 0 spiro atoms. The standard InChI is InChI=1S/C22H34N4O.HI/c1-3-22(12-6-7-13-22)17-25-21(23-2)24-15-18-9-4-5-10-19(18)16-26-14-8-11-20(26)27;/h4-5,9-10H,3,6-8,11-17H2,1-2H3,(H2,23,24,25);1H. The Morgan fingerprint density at radius 1 is 1.14 bits per heavy atom. The molecule has 28 heavy (non-hydrogen) atoms. The molecule has 2 fully saturated rings. The van der Waals surface area contributed by atoms with E-state index in [1.54, 1.807) is 0 Å². The summed E-state index contributed by atoms with van der Waals surface area (Å²) in [6.07, 6.45) is 8.24. The van der Waals surface area contributed by atoms with Crippen LogP contribution in [0.25, 0.3) is 0 Å². The summed E-state index contributed by atoms with van der Waals surface area (Å²) in [5.41, 5.74) is 2.88. The molecule has 1 aromatic carbocycles. The first-order valence-corrected chi connectivity index (χ1v) is 10.4. The lowest BCUT2D eigenvalue weighted by Crippen LogP contribution is -2.42. The van der Waals surface area contributed by atoms with Crippen LogP contribution >= 0.6 is 24.0 Å². The minimum atomic E-state index is 0. The molecule has 0 atom stereocenters. The van der Waals surface area contributed by atoms with Gasteiger partial charge in [-0.25, -0.2) is 0 Å². The Morgan fingerprint density at radius 2 is 1.86 bits per heavy atom. The molecule has 156 valence electrons. The number of carbonyl (C=O) groups is 1. The molecule has 1 saturated heterocycles. The average molecular weight is 498 g/mol. The third-order valence-corrected chi connectivity index (χ3v) is 6.37. The van der Waals surface area contributed by atoms with Crippen molar-refractivity contribution in [2.45, 2.75) is 65.0 Å². The topological polar surface area (TPSA) is 56.7 Å². The molecule has 1 amide bonds. The monoisotopic (exact) mass is 498 g/mol. The van der Waals surface area contributed by atoms with Gasteiger partial charge in [0.25, 0.3) is 0 Å². The molecule has 1 saturated carbocycles. The minimum Gasteiger partial charge on any atom is -0.356 e. The minimum absolute atomic E-state index is 0. The molecule has 0 aromatic heterocycles. The lowest BCUT2D eigenvalue weighted by molar-refractivity contribution is -0.128. The van der Waals surface area contributed by atoms with Crippen LogP contribution in [-0.4, -0.2) is 36.9 Å². The average Bonchev–Trinajstić information content (AvgIpc) is 3.33. The van der Waals surface area contributed by atoms with Crippen molar-refractivity contribution >= 4 is 35.8 Å². The number of nitrogens with one attached hydrogen (secondary N) is 2. The second kappa shape index (κ2) is 11.0. The summed E-state index contributed by atoms with van der Waals surface area (Å²) in [6.45, 7) is 5.60. The van der Waals surface area contributed by atoms with Crippen LogP contribution in [0.2, 0.25) is 0 Å². The third-order valence-electron chi connectivity index (χ3n) is 6.37. The van der Waals surface area contributed by atoms with Gasteiger partial charge in [0.1, 0.15) is 0 Å². The number of nitrogens with zero attached hydrogens (tertiary/aromatic N) is 2. The molecular formula is C22H35IN4O. The number of guanidine groups is 1. The Labute approximate surface area is 186 Å². The summed E-state index contributed by atoms with van der Waals surface area (Å²) in [5, 5.41) is 7.01. The van der Waals surface area contributed by atoms with E-state index >= 15 is 0 Å². The Kier molecular flexibility index (Phi) is 9.05. The number of aliphatic imine (C=N–C) groups is 1. The first-order valence-electron chi connectivity index (χ1n) is 10.4. The first kappa shape index (κ1) is 23.0. The third kappa shape index (κ3) is 5.84. The largest absolute Gasteiger partial charge is 0.356 e. The van der Waals surface area contributed by atoms with Crippen molar-refractivity contribution < 1.29 is 4.79 Å². The summed E-state index contributed by atoms with van der Waals surface area (Å²) in [6, 6.07) is 8.38. The van der Waals surface area contributed by atoms with Crippen molar-refractivity contribution in [3.63, 3.8) is 0 Å². The van der Waals surface area contributed by atoms with Crippen molar-refractivity contribution in [3.05, 3.63) is 35.4 Å². The number of likely N-dealkylation sites (tertiary alicyclic amines) is 1. The zero-order valence-electron chi connectivity index (χ0n) is 17.3. The van der Waals surface area contributed by atoms with Crippen LogP contribution in [0.5, 0.6) is 0 Å². The normalized spacial score (nSPS) is 18.9. The molecule has 5 nitrogen and oxygen atoms in total. The number of benzene rings is 1. The van der Waals surface area contributed by atoms with Gasteiger partial charge in [0.15, 0.2) is 5.96 Å². The van der Waals surface area contributed by atoms with Crippen molar-refractivity contribution in [1.82, 2.24) is 15.5 Å². The summed E-state index contributed by atoms with van der Waals surface area (Å²) in [5.74, 6) is 1.14. The summed E-state index contributed by atoms with van der Waals surface area (Å²) >= 11 is 0. The molecule has 0 radical (unpaired) electrons. The van der Waals surface area contributed by atoms with Gasteiger partial charge >= 0.3 is 0 Å². The zero-order chi connectivity index (χ0) is 19.1. The van der Waals surface area contributed by atoms with E-state index in [0.29, 0.717) is 18.4 Å². The van der Waals surface area contributed by atoms with E-state index in [9.17, 15) is 4.79 Å². The smallest absolute Gasteiger partial charge is 0.222 e. The molecule has 6 heteroatoms. The van der Waals surface area contributed by atoms with Gasteiger partial charge < -0.3 is 15.5 Å². The summed E-state index contributed by atoms with van der Waals surface area (Å²) in [4.78, 5) is 18.3. The van der Waals surface area contributed by atoms with E-state index in [4.69, 9.17) is 0 Å². The molecular weight excluding hydrogens is 463 g/mol. The second-order valence-electron chi connectivity index (χ2n) is 8.03. The van der Waals surface area contributed by atoms with Gasteiger partial charge in [0, 0.05) is 39.6 Å². The van der Waals surface area contributed by atoms with Crippen LogP contribution in [0, 0.1) is 5.41 Å². The van der Waals surface area contributed by atoms with Gasteiger partial charge in [0.2, 0.25) is 5.91 Å². The molecule has 0 bridgehead atoms. The number of amides is 1. The molecule has 2 N–H and O–H groups in total. The van der Waals surface area contributed by atoms with Crippen LogP contribution in [-0.2, 0) is 17.9 Å². The SMILES string of the molecule is CCC1(CNC(=NC)NCc2ccccc2CN2CCCC2=O)CCCC1.I. The van der Waals surface area contributed by atoms with Gasteiger partial charge in [-0.05, 0) is 42.2 Å². The number of hydrogen-bond donors (Lipinski definition) is 2. The summed E-state index contributed by atoms with van der Waals surface area (Å²) in [7, 11) is 1.83. The fourth-order valence-corrected chi connectivity index (χ4v) is 4.41. The highest BCUT2D eigenvalue weighted by atomic mass is 127. The fraction of sp³-hybridized carbons (Fsp3) is 0.636. The van der Waals surface area contributed by atoms with E-state index in [2.05, 4.69) is 46.8 Å². The quantitative estimate of drug-likeness (QED) is 0.339. The Hall–Kier alpha value is -1.31. The predicted molar refractivity (Wildman–Crippen MR) is 126 cm³/mol. The van der Waals surface area contributed by atoms with Gasteiger partial charge in [-0.3, -0.25) is 9.79 Å². The fourth-order valence-electron chi connectivity index (χ4n) is 4.41. The maximum absolute atomic E-state index is 12.0. The number of hydrogen-bond acceptors (Lipinski definition) is 2. The Bertz CT molecular complexity index is 670. The highest BCUT2D eigenvalue weighted by Crippen LogP contribution is 2.40. The van der Waals surface area contributed by atoms with Crippen LogP contribution in [0.4, 0.5) is 0 Å². The molecule has 1 aliphatic carbocycles. The van der Waals surface area contributed by atoms with Gasteiger partial charge in [-0.15, -0.1) is 24.0 Å². The van der Waals surface area contributed by atoms with Gasteiger partial charge in [0.05, 0.1) is 0 Å². The van der Waals surface area contributed by atoms with Crippen LogP contribution < -0.4 is 10.6 Å². The number of halogens is 1. The van der Waals surface area contributed by atoms with Crippen LogP contribution in [0.15, 0.2) is 29.3 Å². The maximum Gasteiger partial charge on any atom is 0.222 e. The van der Waals surface area contributed by atoms with Crippen LogP contribution in [0.3, 0.4) is 0 Å². The molecule has 1 aromatic rings. The van der Waals surface area contributed by atoms with Crippen molar-refractivity contribution in [2.24, 2.45) is 10.4 Å². The lowest BCUT2D eigenvalue weighted by Gasteiger charge is -2.28. The van der Waals surface area contributed by atoms with E-state index < -0.39 is 0 Å². The molecule has 3 rings (SSSR count). The molecule has 2 aliphatic rings. The van der Waals surface area contributed by atoms with Crippen LogP contribution in [0.1, 0.15) is 63.0 Å². The van der Waals surface area contributed by atoms with Gasteiger partial charge in [-0.1, -0.05) is 44.0 Å². The lowest BCUT2D eigenvalue weighted by atomic mass is 9.83. The second-order valence-corrected chi connectivity index (χ2v) is 8.03. The van der Waals surface area contributed by atoms with Crippen molar-refractivity contribution in [3.8, 4) is 0 Å². The maximum atomic E-state index is 12.0. The molecule has 0 unspecified atom stereocenters. The van der Waals surface area contributed by atoms with E-state index in [-0.39, 0.29) is 29.9 Å². The van der Waals surface area contributed by atoms with E-state index in [1.165, 1.54) is 43.2 Å². The number of carbonyl (C=O) groups excluding carboxylic acids is 1. The molecule has 1 heterocycles. The van der Waals surface area contributed by atoms with E-state index in [1.807, 2.05) is 11.9 Å². The Balaban J connectivity index is 0.00000280. The van der Waals surface area contributed by atoms with E-state index in [0.717, 1.165) is 32.0 Å². The summed E-state index contributed by atoms with van der Waals surface area (Å²) < 4.78 is 0. The van der Waals surface area contributed by atoms with Crippen molar-refractivity contribution in [2.75, 3.05) is 20.1 Å². The van der Waals surface area contributed by atoms with Gasteiger partial charge in [-0.2, -0.15) is 0 Å². The Morgan fingerprint density at radius 3 is 2.46 bits per heavy atom.